The Balaban J connectivity index is 1.62. The van der Waals surface area contributed by atoms with E-state index in [0.29, 0.717) is 35.9 Å². The van der Waals surface area contributed by atoms with Gasteiger partial charge in [-0.05, 0) is 36.4 Å². The maximum atomic E-state index is 12.8. The van der Waals surface area contributed by atoms with Crippen LogP contribution in [0, 0.1) is 0 Å². The van der Waals surface area contributed by atoms with E-state index in [0.717, 1.165) is 12.1 Å². The van der Waals surface area contributed by atoms with E-state index in [1.54, 1.807) is 36.2 Å². The molecule has 1 aliphatic rings. The second-order valence-electron chi connectivity index (χ2n) is 6.83. The molecule has 0 aliphatic carbocycles. The molecule has 1 aromatic carbocycles. The monoisotopic (exact) mass is 417 g/mol. The van der Waals surface area contributed by atoms with Crippen LogP contribution in [0.1, 0.15) is 16.2 Å². The summed E-state index contributed by atoms with van der Waals surface area (Å²) in [6.45, 7) is 0.899. The van der Waals surface area contributed by atoms with Crippen LogP contribution in [0.15, 0.2) is 48.8 Å². The molecule has 2 aromatic heterocycles. The average Bonchev–Trinajstić information content (AvgIpc) is 3.13. The summed E-state index contributed by atoms with van der Waals surface area (Å²) in [5, 5.41) is 5.86. The first-order valence-electron chi connectivity index (χ1n) is 9.12. The lowest BCUT2D eigenvalue weighted by molar-refractivity contribution is -0.137. The summed E-state index contributed by atoms with van der Waals surface area (Å²) < 4.78 is 45.2. The zero-order chi connectivity index (χ0) is 21.3. The van der Waals surface area contributed by atoms with Gasteiger partial charge in [-0.15, -0.1) is 0 Å². The molecule has 1 amide bonds. The van der Waals surface area contributed by atoms with Crippen molar-refractivity contribution >= 4 is 17.4 Å². The fourth-order valence-corrected chi connectivity index (χ4v) is 3.29. The van der Waals surface area contributed by atoms with Crippen LogP contribution in [0.3, 0.4) is 0 Å². The molecular formula is C20H18F3N5O2. The maximum absolute atomic E-state index is 12.8. The van der Waals surface area contributed by atoms with Crippen LogP contribution in [-0.4, -0.2) is 40.2 Å². The normalized spacial score (nSPS) is 16.1. The van der Waals surface area contributed by atoms with Gasteiger partial charge in [-0.1, -0.05) is 0 Å². The number of carbonyl (C=O) groups excluding carboxylic acids is 1. The highest BCUT2D eigenvalue weighted by Crippen LogP contribution is 2.32. The number of carbonyl (C=O) groups is 1. The molecular weight excluding hydrogens is 399 g/mol. The summed E-state index contributed by atoms with van der Waals surface area (Å²) in [5.74, 6) is 0.402. The summed E-state index contributed by atoms with van der Waals surface area (Å²) in [4.78, 5) is 21.0. The van der Waals surface area contributed by atoms with Gasteiger partial charge >= 0.3 is 6.18 Å². The van der Waals surface area contributed by atoms with E-state index in [1.807, 2.05) is 0 Å². The van der Waals surface area contributed by atoms with Crippen LogP contribution in [0.2, 0.25) is 0 Å². The number of anilines is 2. The molecule has 30 heavy (non-hydrogen) atoms. The number of nitrogens with zero attached hydrogens (tertiary/aromatic N) is 3. The maximum Gasteiger partial charge on any atom is 0.416 e. The molecule has 0 unspecified atom stereocenters. The van der Waals surface area contributed by atoms with Gasteiger partial charge < -0.3 is 19.9 Å². The average molecular weight is 417 g/mol. The van der Waals surface area contributed by atoms with Gasteiger partial charge in [-0.2, -0.15) is 13.2 Å². The fraction of sp³-hybridized carbons (Fsp3) is 0.250. The smallest absolute Gasteiger partial charge is 0.382 e. The van der Waals surface area contributed by atoms with Crippen LogP contribution < -0.4 is 10.6 Å². The highest BCUT2D eigenvalue weighted by molar-refractivity contribution is 5.93. The van der Waals surface area contributed by atoms with Crippen molar-refractivity contribution in [1.82, 2.24) is 19.9 Å². The zero-order valence-corrected chi connectivity index (χ0v) is 15.9. The molecule has 0 saturated carbocycles. The Hall–Kier alpha value is -3.40. The Labute approximate surface area is 169 Å². The van der Waals surface area contributed by atoms with Crippen LogP contribution >= 0.6 is 0 Å². The lowest BCUT2D eigenvalue weighted by atomic mass is 10.1. The van der Waals surface area contributed by atoms with Gasteiger partial charge in [0.05, 0.1) is 23.9 Å². The number of pyridine rings is 1. The van der Waals surface area contributed by atoms with E-state index >= 15 is 0 Å². The largest absolute Gasteiger partial charge is 0.416 e. The summed E-state index contributed by atoms with van der Waals surface area (Å²) in [6, 6.07) is 8.01. The first-order chi connectivity index (χ1) is 14.3. The molecule has 1 aliphatic heterocycles. The van der Waals surface area contributed by atoms with Crippen molar-refractivity contribution in [2.24, 2.45) is 0 Å². The number of aromatic nitrogens is 3. The molecule has 3 heterocycles. The van der Waals surface area contributed by atoms with Gasteiger partial charge in [-0.3, -0.25) is 4.79 Å². The molecule has 10 heteroatoms. The third kappa shape index (κ3) is 3.99. The second kappa shape index (κ2) is 7.79. The van der Waals surface area contributed by atoms with E-state index in [9.17, 15) is 18.0 Å². The van der Waals surface area contributed by atoms with Crippen molar-refractivity contribution in [3.63, 3.8) is 0 Å². The number of ether oxygens (including phenoxy) is 1. The number of rotatable bonds is 5. The predicted octanol–water partition coefficient (Wildman–Crippen LogP) is 3.47. The molecule has 3 aromatic rings. The molecule has 156 valence electrons. The molecule has 7 nitrogen and oxygen atoms in total. The van der Waals surface area contributed by atoms with Crippen molar-refractivity contribution < 1.29 is 22.7 Å². The Morgan fingerprint density at radius 2 is 2.03 bits per heavy atom. The third-order valence-corrected chi connectivity index (χ3v) is 4.66. The summed E-state index contributed by atoms with van der Waals surface area (Å²) >= 11 is 0. The Morgan fingerprint density at radius 1 is 1.27 bits per heavy atom. The van der Waals surface area contributed by atoms with E-state index in [1.165, 1.54) is 12.1 Å². The quantitative estimate of drug-likeness (QED) is 0.665. The minimum Gasteiger partial charge on any atom is -0.382 e. The minimum absolute atomic E-state index is 0.157. The Morgan fingerprint density at radius 3 is 2.73 bits per heavy atom. The van der Waals surface area contributed by atoms with Crippen LogP contribution in [0.5, 0.6) is 0 Å². The number of hydrogen-bond acceptors (Lipinski definition) is 5. The van der Waals surface area contributed by atoms with Gasteiger partial charge in [0.2, 0.25) is 0 Å². The van der Waals surface area contributed by atoms with E-state index in [4.69, 9.17) is 4.74 Å². The number of amides is 1. The van der Waals surface area contributed by atoms with Crippen molar-refractivity contribution in [3.8, 4) is 11.3 Å². The number of halogens is 3. The molecule has 0 saturated heterocycles. The number of methoxy groups -OCH3 is 1. The van der Waals surface area contributed by atoms with Gasteiger partial charge in [0.25, 0.3) is 5.91 Å². The Bertz CT molecular complexity index is 1060. The predicted molar refractivity (Wildman–Crippen MR) is 103 cm³/mol. The van der Waals surface area contributed by atoms with Gasteiger partial charge in [0.1, 0.15) is 5.82 Å². The molecule has 1 atom stereocenters. The number of alkyl halides is 3. The van der Waals surface area contributed by atoms with Crippen LogP contribution in [0.4, 0.5) is 24.7 Å². The van der Waals surface area contributed by atoms with Crippen LogP contribution in [0.25, 0.3) is 11.3 Å². The highest BCUT2D eigenvalue weighted by atomic mass is 19.4. The van der Waals surface area contributed by atoms with Gasteiger partial charge in [0.15, 0.2) is 5.82 Å². The molecule has 0 spiro atoms. The lowest BCUT2D eigenvalue weighted by Crippen LogP contribution is -2.46. The van der Waals surface area contributed by atoms with Crippen molar-refractivity contribution in [3.05, 3.63) is 60.2 Å². The summed E-state index contributed by atoms with van der Waals surface area (Å²) in [7, 11) is 1.57. The first kappa shape index (κ1) is 19.9. The molecule has 4 rings (SSSR count). The molecule has 0 bridgehead atoms. The topological polar surface area (TPSA) is 81.1 Å². The number of imidazole rings is 1. The number of benzene rings is 1. The van der Waals surface area contributed by atoms with Gasteiger partial charge in [-0.25, -0.2) is 9.97 Å². The zero-order valence-electron chi connectivity index (χ0n) is 15.9. The third-order valence-electron chi connectivity index (χ3n) is 4.66. The minimum atomic E-state index is -4.40. The summed E-state index contributed by atoms with van der Waals surface area (Å²) in [6.07, 6.45) is -1.08. The molecule has 0 radical (unpaired) electrons. The van der Waals surface area contributed by atoms with Gasteiger partial charge in [0, 0.05) is 37.3 Å². The SMILES string of the molecule is COC[C@@H]1Cn2cc(-c3cccnc3Nc3ccc(C(F)(F)F)cc3)nc2C(=O)N1. The standard InChI is InChI=1S/C20H18F3N5O2/c1-30-11-14-9-28-10-16(27-18(28)19(29)26-14)15-3-2-8-24-17(15)25-13-6-4-12(5-7-13)20(21,22)23/h2-8,10,14H,9,11H2,1H3,(H,24,25)(H,26,29)/t14-/m0/s1. The fourth-order valence-electron chi connectivity index (χ4n) is 3.29. The van der Waals surface area contributed by atoms with E-state index in [2.05, 4.69) is 20.6 Å². The number of fused-ring (bicyclic) bond motifs is 1. The highest BCUT2D eigenvalue weighted by Gasteiger charge is 2.30. The molecule has 2 N–H and O–H groups in total. The number of nitrogens with one attached hydrogen (secondary N) is 2. The van der Waals surface area contributed by atoms with E-state index < -0.39 is 11.7 Å². The van der Waals surface area contributed by atoms with Crippen molar-refractivity contribution in [2.75, 3.05) is 19.0 Å². The first-order valence-corrected chi connectivity index (χ1v) is 9.12. The van der Waals surface area contributed by atoms with Crippen molar-refractivity contribution in [1.29, 1.82) is 0 Å². The summed E-state index contributed by atoms with van der Waals surface area (Å²) in [5.41, 5.74) is 0.869. The number of hydrogen-bond donors (Lipinski definition) is 2. The Kier molecular flexibility index (Phi) is 5.17. The van der Waals surface area contributed by atoms with Crippen LogP contribution in [-0.2, 0) is 17.5 Å². The van der Waals surface area contributed by atoms with Crippen molar-refractivity contribution in [2.45, 2.75) is 18.8 Å². The lowest BCUT2D eigenvalue weighted by Gasteiger charge is -2.23. The second-order valence-corrected chi connectivity index (χ2v) is 6.83. The van der Waals surface area contributed by atoms with E-state index in [-0.39, 0.29) is 17.8 Å². The molecule has 0 fully saturated rings.